The molecule has 102 valence electrons. The van der Waals surface area contributed by atoms with Crippen LogP contribution in [0, 0.1) is 16.7 Å². The van der Waals surface area contributed by atoms with Crippen molar-refractivity contribution in [3.8, 4) is 0 Å². The summed E-state index contributed by atoms with van der Waals surface area (Å²) in [6, 6.07) is 0. The SMILES string of the molecule is CCCC(O)CCC1(C)CCCC(C)C1(C)C. The number of rotatable bonds is 5. The molecule has 1 nitrogen and oxygen atoms in total. The summed E-state index contributed by atoms with van der Waals surface area (Å²) in [5.41, 5.74) is 0.830. The van der Waals surface area contributed by atoms with Crippen molar-refractivity contribution >= 4 is 0 Å². The number of hydrogen-bond acceptors (Lipinski definition) is 1. The van der Waals surface area contributed by atoms with Crippen LogP contribution in [0.1, 0.15) is 79.6 Å². The molecule has 0 bridgehead atoms. The van der Waals surface area contributed by atoms with Crippen LogP contribution in [0.2, 0.25) is 0 Å². The van der Waals surface area contributed by atoms with E-state index in [1.165, 1.54) is 25.7 Å². The summed E-state index contributed by atoms with van der Waals surface area (Å²) >= 11 is 0. The molecule has 3 atom stereocenters. The Kier molecular flexibility index (Phi) is 5.07. The molecule has 0 aromatic rings. The quantitative estimate of drug-likeness (QED) is 0.733. The molecule has 1 rings (SSSR count). The Hall–Kier alpha value is -0.0400. The first-order chi connectivity index (χ1) is 7.83. The Morgan fingerprint density at radius 1 is 1.24 bits per heavy atom. The first kappa shape index (κ1) is 15.0. The first-order valence-corrected chi connectivity index (χ1v) is 7.51. The summed E-state index contributed by atoms with van der Waals surface area (Å²) in [5.74, 6) is 0.810. The van der Waals surface area contributed by atoms with E-state index in [1.54, 1.807) is 0 Å². The third kappa shape index (κ3) is 3.24. The summed E-state index contributed by atoms with van der Waals surface area (Å²) < 4.78 is 0. The molecule has 1 saturated carbocycles. The predicted molar refractivity (Wildman–Crippen MR) is 75.1 cm³/mol. The lowest BCUT2D eigenvalue weighted by Crippen LogP contribution is -2.43. The maximum atomic E-state index is 9.93. The van der Waals surface area contributed by atoms with E-state index in [4.69, 9.17) is 0 Å². The number of aliphatic hydroxyl groups is 1. The predicted octanol–water partition coefficient (Wildman–Crippen LogP) is 4.78. The molecule has 1 aliphatic rings. The van der Waals surface area contributed by atoms with Gasteiger partial charge in [-0.05, 0) is 42.4 Å². The van der Waals surface area contributed by atoms with Crippen molar-refractivity contribution in [2.24, 2.45) is 16.7 Å². The van der Waals surface area contributed by atoms with Gasteiger partial charge < -0.3 is 5.11 Å². The highest BCUT2D eigenvalue weighted by molar-refractivity contribution is 4.96. The van der Waals surface area contributed by atoms with Crippen molar-refractivity contribution in [1.29, 1.82) is 0 Å². The zero-order chi connectivity index (χ0) is 13.1. The lowest BCUT2D eigenvalue weighted by Gasteiger charge is -2.52. The van der Waals surface area contributed by atoms with Gasteiger partial charge in [0, 0.05) is 0 Å². The van der Waals surface area contributed by atoms with Gasteiger partial charge in [-0.25, -0.2) is 0 Å². The minimum absolute atomic E-state index is 0.0788. The third-order valence-electron chi connectivity index (χ3n) is 5.80. The molecule has 0 heterocycles. The highest BCUT2D eigenvalue weighted by Gasteiger charge is 2.46. The maximum absolute atomic E-state index is 9.93. The van der Waals surface area contributed by atoms with E-state index >= 15 is 0 Å². The largest absolute Gasteiger partial charge is 0.393 e. The minimum Gasteiger partial charge on any atom is -0.393 e. The van der Waals surface area contributed by atoms with E-state index in [2.05, 4.69) is 34.6 Å². The van der Waals surface area contributed by atoms with E-state index in [0.29, 0.717) is 10.8 Å². The first-order valence-electron chi connectivity index (χ1n) is 7.51. The van der Waals surface area contributed by atoms with Crippen molar-refractivity contribution in [3.05, 3.63) is 0 Å². The second kappa shape index (κ2) is 5.73. The molecule has 1 N–H and O–H groups in total. The molecular weight excluding hydrogens is 208 g/mol. The van der Waals surface area contributed by atoms with Crippen LogP contribution >= 0.6 is 0 Å². The molecule has 3 unspecified atom stereocenters. The minimum atomic E-state index is -0.0788. The second-order valence-corrected chi connectivity index (χ2v) is 7.06. The third-order valence-corrected chi connectivity index (χ3v) is 5.80. The molecule has 0 spiro atoms. The van der Waals surface area contributed by atoms with Gasteiger partial charge in [0.2, 0.25) is 0 Å². The fraction of sp³-hybridized carbons (Fsp3) is 1.00. The zero-order valence-electron chi connectivity index (χ0n) is 12.6. The normalized spacial score (nSPS) is 34.6. The van der Waals surface area contributed by atoms with Crippen molar-refractivity contribution in [3.63, 3.8) is 0 Å². The van der Waals surface area contributed by atoms with Crippen LogP contribution in [0.4, 0.5) is 0 Å². The molecule has 1 heteroatoms. The van der Waals surface area contributed by atoms with Gasteiger partial charge in [0.15, 0.2) is 0 Å². The fourth-order valence-corrected chi connectivity index (χ4v) is 3.49. The van der Waals surface area contributed by atoms with Crippen LogP contribution < -0.4 is 0 Å². The molecule has 1 aliphatic carbocycles. The van der Waals surface area contributed by atoms with Crippen LogP contribution in [0.15, 0.2) is 0 Å². The smallest absolute Gasteiger partial charge is 0.0540 e. The highest BCUT2D eigenvalue weighted by Crippen LogP contribution is 2.55. The molecule has 0 saturated heterocycles. The Morgan fingerprint density at radius 2 is 1.88 bits per heavy atom. The van der Waals surface area contributed by atoms with Crippen LogP contribution in [-0.4, -0.2) is 11.2 Å². The lowest BCUT2D eigenvalue weighted by atomic mass is 9.53. The van der Waals surface area contributed by atoms with Gasteiger partial charge in [-0.3, -0.25) is 0 Å². The van der Waals surface area contributed by atoms with Gasteiger partial charge in [-0.2, -0.15) is 0 Å². The van der Waals surface area contributed by atoms with Crippen molar-refractivity contribution < 1.29 is 5.11 Å². The van der Waals surface area contributed by atoms with Gasteiger partial charge in [-0.1, -0.05) is 53.9 Å². The Morgan fingerprint density at radius 3 is 2.47 bits per heavy atom. The number of aliphatic hydroxyl groups excluding tert-OH is 1. The fourth-order valence-electron chi connectivity index (χ4n) is 3.49. The topological polar surface area (TPSA) is 20.2 Å². The standard InChI is InChI=1S/C16H32O/c1-6-8-14(17)10-12-16(5)11-7-9-13(2)15(16,3)4/h13-14,17H,6-12H2,1-5H3. The van der Waals surface area contributed by atoms with Gasteiger partial charge in [-0.15, -0.1) is 0 Å². The lowest BCUT2D eigenvalue weighted by molar-refractivity contribution is -0.0316. The van der Waals surface area contributed by atoms with Gasteiger partial charge in [0.25, 0.3) is 0 Å². The Labute approximate surface area is 108 Å². The van der Waals surface area contributed by atoms with E-state index in [9.17, 15) is 5.11 Å². The molecular formula is C16H32O. The Balaban J connectivity index is 2.59. The van der Waals surface area contributed by atoms with Gasteiger partial charge in [0.05, 0.1) is 6.10 Å². The van der Waals surface area contributed by atoms with Crippen molar-refractivity contribution in [2.75, 3.05) is 0 Å². The van der Waals surface area contributed by atoms with E-state index in [1.807, 2.05) is 0 Å². The average Bonchev–Trinajstić information content (AvgIpc) is 2.24. The summed E-state index contributed by atoms with van der Waals surface area (Å²) in [4.78, 5) is 0. The molecule has 0 aromatic heterocycles. The van der Waals surface area contributed by atoms with Crippen molar-refractivity contribution in [2.45, 2.75) is 85.7 Å². The molecule has 0 radical (unpaired) electrons. The maximum Gasteiger partial charge on any atom is 0.0540 e. The van der Waals surface area contributed by atoms with E-state index < -0.39 is 0 Å². The van der Waals surface area contributed by atoms with Crippen LogP contribution in [-0.2, 0) is 0 Å². The zero-order valence-corrected chi connectivity index (χ0v) is 12.6. The monoisotopic (exact) mass is 240 g/mol. The van der Waals surface area contributed by atoms with Gasteiger partial charge >= 0.3 is 0 Å². The molecule has 1 fully saturated rings. The van der Waals surface area contributed by atoms with Crippen molar-refractivity contribution in [1.82, 2.24) is 0 Å². The highest BCUT2D eigenvalue weighted by atomic mass is 16.3. The second-order valence-electron chi connectivity index (χ2n) is 7.06. The summed E-state index contributed by atoms with van der Waals surface area (Å²) in [6.07, 6.45) is 8.23. The van der Waals surface area contributed by atoms with Crippen LogP contribution in [0.5, 0.6) is 0 Å². The summed E-state index contributed by atoms with van der Waals surface area (Å²) in [7, 11) is 0. The molecule has 17 heavy (non-hydrogen) atoms. The summed E-state index contributed by atoms with van der Waals surface area (Å²) in [6.45, 7) is 11.9. The summed E-state index contributed by atoms with van der Waals surface area (Å²) in [5, 5.41) is 9.93. The van der Waals surface area contributed by atoms with E-state index in [-0.39, 0.29) is 6.10 Å². The molecule has 0 aromatic carbocycles. The van der Waals surface area contributed by atoms with Crippen LogP contribution in [0.25, 0.3) is 0 Å². The average molecular weight is 240 g/mol. The number of hydrogen-bond donors (Lipinski definition) is 1. The van der Waals surface area contributed by atoms with Gasteiger partial charge in [0.1, 0.15) is 0 Å². The Bertz CT molecular complexity index is 234. The molecule has 0 amide bonds. The van der Waals surface area contributed by atoms with Crippen LogP contribution in [0.3, 0.4) is 0 Å². The van der Waals surface area contributed by atoms with E-state index in [0.717, 1.165) is 25.2 Å². The molecule has 0 aliphatic heterocycles.